The third-order valence-electron chi connectivity index (χ3n) is 4.05. The van der Waals surface area contributed by atoms with Gasteiger partial charge >= 0.3 is 10.1 Å². The second-order valence-corrected chi connectivity index (χ2v) is 9.80. The summed E-state index contributed by atoms with van der Waals surface area (Å²) in [4.78, 5) is 14.6. The van der Waals surface area contributed by atoms with Crippen LogP contribution in [0, 0.1) is 11.3 Å². The van der Waals surface area contributed by atoms with Gasteiger partial charge in [0.1, 0.15) is 0 Å². The number of methoxy groups -OCH3 is 1. The molecule has 1 aliphatic rings. The molecule has 0 aliphatic heterocycles. The molecule has 1 aromatic carbocycles. The first kappa shape index (κ1) is 20.6. The number of ether oxygens (including phenoxy) is 1. The van der Waals surface area contributed by atoms with Gasteiger partial charge in [0.05, 0.1) is 13.4 Å². The van der Waals surface area contributed by atoms with E-state index < -0.39 is 10.1 Å². The third-order valence-corrected chi connectivity index (χ3v) is 4.53. The Balaban J connectivity index is 2.21. The minimum atomic E-state index is -3.66. The van der Waals surface area contributed by atoms with Crippen LogP contribution < -0.4 is 8.92 Å². The van der Waals surface area contributed by atoms with Crippen LogP contribution in [0.1, 0.15) is 45.6 Å². The zero-order chi connectivity index (χ0) is 19.5. The first-order valence-corrected chi connectivity index (χ1v) is 10.6. The number of hydrogen-bond acceptors (Lipinski definition) is 5. The number of carbonyl (C=O) groups excluding carboxylic acids is 1. The van der Waals surface area contributed by atoms with Gasteiger partial charge in [-0.3, -0.25) is 4.79 Å². The summed E-state index contributed by atoms with van der Waals surface area (Å²) in [5.41, 5.74) is 0.732. The Bertz CT molecular complexity index is 748. The van der Waals surface area contributed by atoms with E-state index in [1.54, 1.807) is 12.1 Å². The number of rotatable bonds is 8. The van der Waals surface area contributed by atoms with Gasteiger partial charge in [0, 0.05) is 19.5 Å². The molecule has 0 radical (unpaired) electrons. The number of amides is 1. The molecule has 0 unspecified atom stereocenters. The van der Waals surface area contributed by atoms with Crippen molar-refractivity contribution in [1.29, 1.82) is 0 Å². The van der Waals surface area contributed by atoms with Crippen LogP contribution >= 0.6 is 0 Å². The molecule has 0 aromatic heterocycles. The van der Waals surface area contributed by atoms with Crippen molar-refractivity contribution < 1.29 is 22.1 Å². The van der Waals surface area contributed by atoms with Gasteiger partial charge in [-0.15, -0.1) is 0 Å². The van der Waals surface area contributed by atoms with E-state index in [1.165, 1.54) is 7.11 Å². The second-order valence-electron chi connectivity index (χ2n) is 8.23. The van der Waals surface area contributed by atoms with Crippen LogP contribution in [-0.4, -0.2) is 39.1 Å². The number of carbonyl (C=O) groups is 1. The van der Waals surface area contributed by atoms with E-state index in [0.717, 1.165) is 31.2 Å². The number of benzene rings is 1. The quantitative estimate of drug-likeness (QED) is 0.645. The van der Waals surface area contributed by atoms with Crippen LogP contribution in [0.15, 0.2) is 18.2 Å². The molecule has 0 bridgehead atoms. The van der Waals surface area contributed by atoms with Gasteiger partial charge in [-0.1, -0.05) is 26.8 Å². The second kappa shape index (κ2) is 7.86. The molecule has 6 nitrogen and oxygen atoms in total. The topological polar surface area (TPSA) is 72.9 Å². The Morgan fingerprint density at radius 2 is 1.88 bits per heavy atom. The molecule has 7 heteroatoms. The van der Waals surface area contributed by atoms with Crippen molar-refractivity contribution in [3.8, 4) is 11.5 Å². The molecule has 0 heterocycles. The standard InChI is InChI=1S/C19H29NO5S/c1-19(2,3)11-18(21)20(12-14-6-7-14)13-15-8-9-16(24-4)17(10-15)25-26(5,22)23/h8-10,14H,6-7,11-13H2,1-5H3. The molecule has 0 N–H and O–H groups in total. The largest absolute Gasteiger partial charge is 0.493 e. The van der Waals surface area contributed by atoms with Gasteiger partial charge in [0.2, 0.25) is 5.91 Å². The summed E-state index contributed by atoms with van der Waals surface area (Å²) >= 11 is 0. The highest BCUT2D eigenvalue weighted by Gasteiger charge is 2.29. The molecule has 1 aromatic rings. The number of nitrogens with zero attached hydrogens (tertiary/aromatic N) is 1. The maximum atomic E-state index is 12.7. The van der Waals surface area contributed by atoms with E-state index in [9.17, 15) is 13.2 Å². The van der Waals surface area contributed by atoms with Crippen LogP contribution in [0.2, 0.25) is 0 Å². The summed E-state index contributed by atoms with van der Waals surface area (Å²) in [7, 11) is -2.21. The Morgan fingerprint density at radius 3 is 2.38 bits per heavy atom. The summed E-state index contributed by atoms with van der Waals surface area (Å²) in [6.45, 7) is 7.31. The molecule has 1 aliphatic carbocycles. The molecule has 26 heavy (non-hydrogen) atoms. The third kappa shape index (κ3) is 6.86. The average Bonchev–Trinajstić information content (AvgIpc) is 3.27. The Morgan fingerprint density at radius 1 is 1.23 bits per heavy atom. The summed E-state index contributed by atoms with van der Waals surface area (Å²) in [6, 6.07) is 5.13. The lowest BCUT2D eigenvalue weighted by molar-refractivity contribution is -0.134. The van der Waals surface area contributed by atoms with Gasteiger partial charge in [-0.05, 0) is 41.9 Å². The molecular formula is C19H29NO5S. The SMILES string of the molecule is COc1ccc(CN(CC2CC2)C(=O)CC(C)(C)C)cc1OS(C)(=O)=O. The predicted octanol–water partition coefficient (Wildman–Crippen LogP) is 3.21. The molecule has 1 fully saturated rings. The van der Waals surface area contributed by atoms with Gasteiger partial charge in [-0.25, -0.2) is 0 Å². The Hall–Kier alpha value is -1.76. The van der Waals surface area contributed by atoms with E-state index in [-0.39, 0.29) is 17.1 Å². The van der Waals surface area contributed by atoms with Crippen molar-refractivity contribution in [2.45, 2.75) is 46.6 Å². The fourth-order valence-electron chi connectivity index (χ4n) is 2.70. The van der Waals surface area contributed by atoms with Crippen molar-refractivity contribution in [1.82, 2.24) is 4.90 Å². The summed E-state index contributed by atoms with van der Waals surface area (Å²) in [5, 5.41) is 0. The number of hydrogen-bond donors (Lipinski definition) is 0. The zero-order valence-corrected chi connectivity index (χ0v) is 17.1. The van der Waals surface area contributed by atoms with Gasteiger partial charge in [-0.2, -0.15) is 8.42 Å². The zero-order valence-electron chi connectivity index (χ0n) is 16.2. The highest BCUT2D eigenvalue weighted by molar-refractivity contribution is 7.86. The predicted molar refractivity (Wildman–Crippen MR) is 101 cm³/mol. The first-order chi connectivity index (χ1) is 12.0. The molecular weight excluding hydrogens is 354 g/mol. The summed E-state index contributed by atoms with van der Waals surface area (Å²) in [6.07, 6.45) is 3.78. The fourth-order valence-corrected chi connectivity index (χ4v) is 3.16. The highest BCUT2D eigenvalue weighted by atomic mass is 32.2. The fraction of sp³-hybridized carbons (Fsp3) is 0.632. The van der Waals surface area contributed by atoms with Crippen LogP contribution in [0.4, 0.5) is 0 Å². The maximum absolute atomic E-state index is 12.7. The van der Waals surface area contributed by atoms with E-state index in [2.05, 4.69) is 0 Å². The van der Waals surface area contributed by atoms with Crippen molar-refractivity contribution in [2.24, 2.45) is 11.3 Å². The summed E-state index contributed by atoms with van der Waals surface area (Å²) < 4.78 is 33.2. The van der Waals surface area contributed by atoms with Crippen molar-refractivity contribution in [3.05, 3.63) is 23.8 Å². The normalized spacial score (nSPS) is 14.8. The van der Waals surface area contributed by atoms with Crippen molar-refractivity contribution in [2.75, 3.05) is 19.9 Å². The molecule has 1 saturated carbocycles. The molecule has 2 rings (SSSR count). The maximum Gasteiger partial charge on any atom is 0.306 e. The molecule has 146 valence electrons. The molecule has 0 spiro atoms. The van der Waals surface area contributed by atoms with Crippen molar-refractivity contribution >= 4 is 16.0 Å². The molecule has 0 atom stereocenters. The van der Waals surface area contributed by atoms with Gasteiger partial charge < -0.3 is 13.8 Å². The van der Waals surface area contributed by atoms with Crippen molar-refractivity contribution in [3.63, 3.8) is 0 Å². The van der Waals surface area contributed by atoms with E-state index in [0.29, 0.717) is 24.6 Å². The van der Waals surface area contributed by atoms with Crippen LogP contribution in [0.5, 0.6) is 11.5 Å². The Labute approximate surface area is 156 Å². The minimum Gasteiger partial charge on any atom is -0.493 e. The first-order valence-electron chi connectivity index (χ1n) is 8.81. The average molecular weight is 384 g/mol. The monoisotopic (exact) mass is 383 g/mol. The lowest BCUT2D eigenvalue weighted by Gasteiger charge is -2.27. The lowest BCUT2D eigenvalue weighted by Crippen LogP contribution is -2.34. The molecule has 1 amide bonds. The van der Waals surface area contributed by atoms with Crippen LogP contribution in [0.3, 0.4) is 0 Å². The lowest BCUT2D eigenvalue weighted by atomic mass is 9.91. The smallest absolute Gasteiger partial charge is 0.306 e. The van der Waals surface area contributed by atoms with Crippen LogP contribution in [0.25, 0.3) is 0 Å². The summed E-state index contributed by atoms with van der Waals surface area (Å²) in [5.74, 6) is 1.17. The van der Waals surface area contributed by atoms with Gasteiger partial charge in [0.15, 0.2) is 11.5 Å². The Kier molecular flexibility index (Phi) is 6.21. The molecule has 0 saturated heterocycles. The minimum absolute atomic E-state index is 0.0800. The van der Waals surface area contributed by atoms with Crippen LogP contribution in [-0.2, 0) is 21.5 Å². The highest BCUT2D eigenvalue weighted by Crippen LogP contribution is 2.33. The van der Waals surface area contributed by atoms with E-state index in [1.807, 2.05) is 31.7 Å². The van der Waals surface area contributed by atoms with E-state index >= 15 is 0 Å². The van der Waals surface area contributed by atoms with Gasteiger partial charge in [0.25, 0.3) is 0 Å². The van der Waals surface area contributed by atoms with E-state index in [4.69, 9.17) is 8.92 Å².